The predicted octanol–water partition coefficient (Wildman–Crippen LogP) is 4.62. The highest BCUT2D eigenvalue weighted by molar-refractivity contribution is 5.79. The molecule has 0 radical (unpaired) electrons. The number of unbranched alkanes of at least 4 members (excludes halogenated alkanes) is 2. The van der Waals surface area contributed by atoms with Crippen molar-refractivity contribution < 1.29 is 19.1 Å². The minimum Gasteiger partial charge on any atom is -0.464 e. The highest BCUT2D eigenvalue weighted by Gasteiger charge is 2.40. The molecule has 164 valence electrons. The third kappa shape index (κ3) is 6.18. The van der Waals surface area contributed by atoms with E-state index in [0.29, 0.717) is 12.1 Å². The Morgan fingerprint density at radius 2 is 1.83 bits per heavy atom. The number of carbonyl (C=O) groups is 2. The fourth-order valence-corrected chi connectivity index (χ4v) is 4.54. The first kappa shape index (κ1) is 22.5. The van der Waals surface area contributed by atoms with Crippen molar-refractivity contribution in [2.45, 2.75) is 82.4 Å². The molecule has 2 unspecified atom stereocenters. The van der Waals surface area contributed by atoms with Gasteiger partial charge in [-0.25, -0.2) is 0 Å². The quantitative estimate of drug-likeness (QED) is 0.318. The number of piperidine rings is 1. The lowest BCUT2D eigenvalue weighted by Crippen LogP contribution is -2.44. The van der Waals surface area contributed by atoms with E-state index in [0.717, 1.165) is 37.7 Å². The van der Waals surface area contributed by atoms with Crippen molar-refractivity contribution in [2.75, 3.05) is 13.7 Å². The molecule has 30 heavy (non-hydrogen) atoms. The number of benzene rings is 1. The number of allylic oxidation sites excluding steroid dienone is 1. The maximum Gasteiger partial charge on any atom is 0.317 e. The highest BCUT2D eigenvalue weighted by atomic mass is 16.6. The second-order valence-corrected chi connectivity index (χ2v) is 8.54. The normalized spacial score (nSPS) is 24.7. The molecule has 2 heterocycles. The van der Waals surface area contributed by atoms with Crippen molar-refractivity contribution in [3.63, 3.8) is 0 Å². The molecule has 0 aliphatic carbocycles. The van der Waals surface area contributed by atoms with Crippen LogP contribution in [0.3, 0.4) is 0 Å². The second-order valence-electron chi connectivity index (χ2n) is 8.54. The van der Waals surface area contributed by atoms with Gasteiger partial charge in [0, 0.05) is 12.1 Å². The first-order valence-electron chi connectivity index (χ1n) is 11.4. The molecule has 2 bridgehead atoms. The summed E-state index contributed by atoms with van der Waals surface area (Å²) in [6, 6.07) is 10.5. The molecular formula is C25H35NO4. The Balaban J connectivity index is 1.55. The monoisotopic (exact) mass is 413 g/mol. The van der Waals surface area contributed by atoms with Crippen molar-refractivity contribution >= 4 is 11.9 Å². The van der Waals surface area contributed by atoms with Crippen molar-refractivity contribution in [1.82, 2.24) is 4.90 Å². The van der Waals surface area contributed by atoms with E-state index in [4.69, 9.17) is 9.47 Å². The molecule has 2 aliphatic rings. The second kappa shape index (κ2) is 11.3. The van der Waals surface area contributed by atoms with Gasteiger partial charge in [-0.1, -0.05) is 62.2 Å². The molecule has 1 aromatic carbocycles. The molecule has 0 aromatic heterocycles. The fourth-order valence-electron chi connectivity index (χ4n) is 4.54. The molecule has 4 atom stereocenters. The summed E-state index contributed by atoms with van der Waals surface area (Å²) in [6.07, 6.45) is 11.4. The maximum atomic E-state index is 13.0. The minimum absolute atomic E-state index is 0.0178. The van der Waals surface area contributed by atoms with Gasteiger partial charge < -0.3 is 14.4 Å². The Hall–Kier alpha value is -2.14. The van der Waals surface area contributed by atoms with Crippen LogP contribution in [0.1, 0.15) is 69.8 Å². The molecule has 2 fully saturated rings. The van der Waals surface area contributed by atoms with E-state index in [1.165, 1.54) is 12.8 Å². The van der Waals surface area contributed by atoms with Crippen LogP contribution in [0.4, 0.5) is 0 Å². The van der Waals surface area contributed by atoms with E-state index in [-0.39, 0.29) is 31.1 Å². The molecule has 0 amide bonds. The lowest BCUT2D eigenvalue weighted by molar-refractivity contribution is -0.157. The van der Waals surface area contributed by atoms with Crippen LogP contribution in [0.2, 0.25) is 0 Å². The molecule has 0 spiro atoms. The number of nitrogens with zero attached hydrogens (tertiary/aromatic N) is 1. The lowest BCUT2D eigenvalue weighted by atomic mass is 9.98. The van der Waals surface area contributed by atoms with Crippen LogP contribution >= 0.6 is 0 Å². The molecule has 1 aromatic rings. The average molecular weight is 414 g/mol. The first-order chi connectivity index (χ1) is 14.6. The van der Waals surface area contributed by atoms with Gasteiger partial charge in [0.15, 0.2) is 0 Å². The number of rotatable bonds is 10. The number of hydrogen-bond donors (Lipinski definition) is 0. The summed E-state index contributed by atoms with van der Waals surface area (Å²) in [4.78, 5) is 27.6. The summed E-state index contributed by atoms with van der Waals surface area (Å²) in [5.74, 6) is -1.19. The summed E-state index contributed by atoms with van der Waals surface area (Å²) < 4.78 is 11.4. The predicted molar refractivity (Wildman–Crippen MR) is 117 cm³/mol. The summed E-state index contributed by atoms with van der Waals surface area (Å²) in [5, 5.41) is 0. The third-order valence-corrected chi connectivity index (χ3v) is 6.41. The Morgan fingerprint density at radius 1 is 1.13 bits per heavy atom. The highest BCUT2D eigenvalue weighted by Crippen LogP contribution is 2.36. The summed E-state index contributed by atoms with van der Waals surface area (Å²) in [6.45, 7) is 2.16. The Kier molecular flexibility index (Phi) is 8.50. The van der Waals surface area contributed by atoms with Gasteiger partial charge in [-0.3, -0.25) is 9.59 Å². The van der Waals surface area contributed by atoms with Gasteiger partial charge in [0.05, 0.1) is 6.42 Å². The number of fused-ring (bicyclic) bond motifs is 2. The van der Waals surface area contributed by atoms with E-state index < -0.39 is 5.92 Å². The Bertz CT molecular complexity index is 703. The van der Waals surface area contributed by atoms with Gasteiger partial charge in [-0.2, -0.15) is 0 Å². The zero-order valence-corrected chi connectivity index (χ0v) is 18.3. The van der Waals surface area contributed by atoms with Crippen LogP contribution in [0.25, 0.3) is 0 Å². The van der Waals surface area contributed by atoms with E-state index >= 15 is 0 Å². The number of ether oxygens (including phenoxy) is 2. The van der Waals surface area contributed by atoms with Gasteiger partial charge in [-0.15, -0.1) is 0 Å². The zero-order chi connectivity index (χ0) is 21.3. The third-order valence-electron chi connectivity index (χ3n) is 6.41. The number of carbonyl (C=O) groups excluding carboxylic acids is 2. The fraction of sp³-hybridized carbons (Fsp3) is 0.600. The van der Waals surface area contributed by atoms with Crippen molar-refractivity contribution in [3.05, 3.63) is 48.0 Å². The number of hydrogen-bond acceptors (Lipinski definition) is 5. The van der Waals surface area contributed by atoms with Gasteiger partial charge in [0.25, 0.3) is 0 Å². The first-order valence-corrected chi connectivity index (χ1v) is 11.4. The summed E-state index contributed by atoms with van der Waals surface area (Å²) >= 11 is 0. The molecular weight excluding hydrogens is 378 g/mol. The van der Waals surface area contributed by atoms with Crippen molar-refractivity contribution in [1.29, 1.82) is 0 Å². The maximum absolute atomic E-state index is 13.0. The minimum atomic E-state index is -0.587. The Morgan fingerprint density at radius 3 is 2.50 bits per heavy atom. The van der Waals surface area contributed by atoms with Crippen LogP contribution in [-0.4, -0.2) is 48.7 Å². The average Bonchev–Trinajstić information content (AvgIpc) is 2.95. The van der Waals surface area contributed by atoms with Gasteiger partial charge >= 0.3 is 11.9 Å². The standard InChI is InChI=1S/C25H35NO4/c1-3-4-5-6-10-13-24(27)29-18-23(19-11-8-7-9-12-19)25(28)30-22-16-20-14-15-21(17-22)26(20)2/h6-12,20-23H,3-5,13-18H2,1-2H3/t20-,21+,22?,23?. The molecule has 5 heteroatoms. The topological polar surface area (TPSA) is 55.8 Å². The van der Waals surface area contributed by atoms with Crippen LogP contribution in [-0.2, 0) is 19.1 Å². The molecule has 0 N–H and O–H groups in total. The summed E-state index contributed by atoms with van der Waals surface area (Å²) in [5.41, 5.74) is 0.824. The van der Waals surface area contributed by atoms with Gasteiger partial charge in [0.2, 0.25) is 0 Å². The molecule has 2 saturated heterocycles. The van der Waals surface area contributed by atoms with E-state index in [1.54, 1.807) is 0 Å². The summed E-state index contributed by atoms with van der Waals surface area (Å²) in [7, 11) is 2.17. The lowest BCUT2D eigenvalue weighted by Gasteiger charge is -2.36. The SMILES string of the molecule is CCCCC=CCC(=O)OCC(C(=O)OC1C[C@H]2CC[C@@H](C1)N2C)c1ccccc1. The smallest absolute Gasteiger partial charge is 0.317 e. The van der Waals surface area contributed by atoms with E-state index in [9.17, 15) is 9.59 Å². The van der Waals surface area contributed by atoms with E-state index in [1.807, 2.05) is 42.5 Å². The van der Waals surface area contributed by atoms with Crippen molar-refractivity contribution in [3.8, 4) is 0 Å². The molecule has 0 saturated carbocycles. The van der Waals surface area contributed by atoms with Crippen LogP contribution in [0, 0.1) is 0 Å². The molecule has 2 aliphatic heterocycles. The Labute approximate surface area is 180 Å². The largest absolute Gasteiger partial charge is 0.464 e. The van der Waals surface area contributed by atoms with Gasteiger partial charge in [-0.05, 0) is 44.7 Å². The molecule has 5 nitrogen and oxygen atoms in total. The van der Waals surface area contributed by atoms with Crippen LogP contribution < -0.4 is 0 Å². The van der Waals surface area contributed by atoms with Gasteiger partial charge in [0.1, 0.15) is 18.6 Å². The van der Waals surface area contributed by atoms with Crippen LogP contribution in [0.15, 0.2) is 42.5 Å². The van der Waals surface area contributed by atoms with E-state index in [2.05, 4.69) is 18.9 Å². The number of esters is 2. The van der Waals surface area contributed by atoms with Crippen LogP contribution in [0.5, 0.6) is 0 Å². The van der Waals surface area contributed by atoms with Crippen molar-refractivity contribution in [2.24, 2.45) is 0 Å². The molecule has 3 rings (SSSR count). The zero-order valence-electron chi connectivity index (χ0n) is 18.3.